The van der Waals surface area contributed by atoms with Crippen LogP contribution in [0.4, 0.5) is 0 Å². The predicted octanol–water partition coefficient (Wildman–Crippen LogP) is 10.6. The number of benzene rings is 7. The van der Waals surface area contributed by atoms with Crippen LogP contribution >= 0.6 is 0 Å². The molecule has 42 heavy (non-hydrogen) atoms. The van der Waals surface area contributed by atoms with Gasteiger partial charge in [0.05, 0.1) is 11.4 Å². The Balaban J connectivity index is 1.43. The summed E-state index contributed by atoms with van der Waals surface area (Å²) >= 11 is 0. The van der Waals surface area contributed by atoms with Crippen LogP contribution in [0.2, 0.25) is 0 Å². The summed E-state index contributed by atoms with van der Waals surface area (Å²) in [7, 11) is 0. The summed E-state index contributed by atoms with van der Waals surface area (Å²) in [6.45, 7) is 0. The number of fused-ring (bicyclic) bond motifs is 4. The highest BCUT2D eigenvalue weighted by atomic mass is 14.9. The van der Waals surface area contributed by atoms with Crippen molar-refractivity contribution in [1.29, 1.82) is 0 Å². The molecule has 0 amide bonds. The van der Waals surface area contributed by atoms with Crippen LogP contribution in [0.5, 0.6) is 0 Å². The fraction of sp³-hybridized carbons (Fsp3) is 0. The molecular weight excluding hydrogens is 508 g/mol. The molecule has 0 aliphatic carbocycles. The van der Waals surface area contributed by atoms with Crippen LogP contribution in [0.15, 0.2) is 158 Å². The fourth-order valence-electron chi connectivity index (χ4n) is 6.01. The van der Waals surface area contributed by atoms with Gasteiger partial charge in [0.2, 0.25) is 0 Å². The quantitative estimate of drug-likeness (QED) is 0.166. The van der Waals surface area contributed by atoms with Crippen molar-refractivity contribution < 1.29 is 0 Å². The third kappa shape index (κ3) is 4.22. The highest BCUT2D eigenvalue weighted by molar-refractivity contribution is 6.19. The zero-order chi connectivity index (χ0) is 27.9. The van der Waals surface area contributed by atoms with Gasteiger partial charge in [-0.3, -0.25) is 0 Å². The van der Waals surface area contributed by atoms with Crippen molar-refractivity contribution in [2.75, 3.05) is 0 Å². The van der Waals surface area contributed by atoms with Crippen LogP contribution in [0.25, 0.3) is 77.3 Å². The predicted molar refractivity (Wildman–Crippen MR) is 176 cm³/mol. The number of hydrogen-bond acceptors (Lipinski definition) is 2. The third-order valence-electron chi connectivity index (χ3n) is 8.05. The Hall–Kier alpha value is -5.60. The average Bonchev–Trinajstić information content (AvgIpc) is 3.08. The lowest BCUT2D eigenvalue weighted by atomic mass is 9.92. The van der Waals surface area contributed by atoms with Crippen molar-refractivity contribution in [3.63, 3.8) is 0 Å². The lowest BCUT2D eigenvalue weighted by Gasteiger charge is -2.15. The minimum Gasteiger partial charge on any atom is -0.228 e. The second-order valence-corrected chi connectivity index (χ2v) is 10.6. The van der Waals surface area contributed by atoms with Crippen molar-refractivity contribution in [3.05, 3.63) is 158 Å². The van der Waals surface area contributed by atoms with Gasteiger partial charge in [0.1, 0.15) is 0 Å². The standard InChI is InChI=1S/C40H26N2/c1-3-12-27(13-4-1)30-18-11-19-32(24-30)38-26-37(29-15-5-2-6-16-29)41-40(42-38)39-34-21-10-8-17-31(34)25-36-33-20-9-7-14-28(33)22-23-35(36)39/h1-26H. The van der Waals surface area contributed by atoms with E-state index >= 15 is 0 Å². The van der Waals surface area contributed by atoms with Crippen LogP contribution in [0, 0.1) is 0 Å². The maximum absolute atomic E-state index is 5.30. The molecule has 2 nitrogen and oxygen atoms in total. The van der Waals surface area contributed by atoms with E-state index in [9.17, 15) is 0 Å². The first kappa shape index (κ1) is 24.2. The normalized spacial score (nSPS) is 11.3. The summed E-state index contributed by atoms with van der Waals surface area (Å²) in [6.07, 6.45) is 0. The van der Waals surface area contributed by atoms with E-state index in [4.69, 9.17) is 9.97 Å². The van der Waals surface area contributed by atoms with Gasteiger partial charge in [0, 0.05) is 16.7 Å². The SMILES string of the molecule is c1ccc(-c2cccc(-c3cc(-c4ccccc4)nc(-c4c5ccccc5cc5c4ccc4ccccc45)n3)c2)cc1. The first-order valence-corrected chi connectivity index (χ1v) is 14.3. The van der Waals surface area contributed by atoms with Crippen molar-refractivity contribution >= 4 is 32.3 Å². The van der Waals surface area contributed by atoms with E-state index in [1.165, 1.54) is 27.1 Å². The molecule has 0 aliphatic heterocycles. The van der Waals surface area contributed by atoms with E-state index in [0.717, 1.165) is 50.2 Å². The van der Waals surface area contributed by atoms with Gasteiger partial charge in [0.25, 0.3) is 0 Å². The Morgan fingerprint density at radius 1 is 0.310 bits per heavy atom. The molecule has 8 aromatic rings. The first-order valence-electron chi connectivity index (χ1n) is 14.3. The summed E-state index contributed by atoms with van der Waals surface area (Å²) in [5.74, 6) is 0.730. The minimum absolute atomic E-state index is 0.730. The Morgan fingerprint density at radius 3 is 1.69 bits per heavy atom. The van der Waals surface area contributed by atoms with E-state index < -0.39 is 0 Å². The van der Waals surface area contributed by atoms with E-state index in [2.05, 4.69) is 146 Å². The molecule has 0 aliphatic rings. The van der Waals surface area contributed by atoms with Crippen LogP contribution in [-0.2, 0) is 0 Å². The number of rotatable bonds is 4. The van der Waals surface area contributed by atoms with Gasteiger partial charge in [-0.2, -0.15) is 0 Å². The Labute approximate surface area is 244 Å². The van der Waals surface area contributed by atoms with E-state index in [0.29, 0.717) is 0 Å². The van der Waals surface area contributed by atoms with Crippen LogP contribution in [0.1, 0.15) is 0 Å². The summed E-state index contributed by atoms with van der Waals surface area (Å²) in [5, 5.41) is 7.15. The van der Waals surface area contributed by atoms with Gasteiger partial charge in [-0.15, -0.1) is 0 Å². The summed E-state index contributed by atoms with van der Waals surface area (Å²) in [4.78, 5) is 10.6. The van der Waals surface area contributed by atoms with E-state index in [1.54, 1.807) is 0 Å². The van der Waals surface area contributed by atoms with Gasteiger partial charge in [-0.25, -0.2) is 9.97 Å². The third-order valence-corrected chi connectivity index (χ3v) is 8.05. The van der Waals surface area contributed by atoms with Crippen molar-refractivity contribution in [1.82, 2.24) is 9.97 Å². The van der Waals surface area contributed by atoms with Gasteiger partial charge < -0.3 is 0 Å². The summed E-state index contributed by atoms with van der Waals surface area (Å²) in [6, 6.07) is 55.6. The maximum Gasteiger partial charge on any atom is 0.161 e. The number of aromatic nitrogens is 2. The smallest absolute Gasteiger partial charge is 0.161 e. The molecule has 1 heterocycles. The molecule has 0 unspecified atom stereocenters. The van der Waals surface area contributed by atoms with Gasteiger partial charge >= 0.3 is 0 Å². The number of nitrogens with zero attached hydrogens (tertiary/aromatic N) is 2. The number of hydrogen-bond donors (Lipinski definition) is 0. The molecule has 196 valence electrons. The highest BCUT2D eigenvalue weighted by Crippen LogP contribution is 2.39. The Morgan fingerprint density at radius 2 is 0.905 bits per heavy atom. The Kier molecular flexibility index (Phi) is 5.82. The van der Waals surface area contributed by atoms with Gasteiger partial charge in [-0.05, 0) is 61.6 Å². The first-order chi connectivity index (χ1) is 20.8. The molecule has 7 aromatic carbocycles. The molecule has 0 atom stereocenters. The van der Waals surface area contributed by atoms with Gasteiger partial charge in [0.15, 0.2) is 5.82 Å². The highest BCUT2D eigenvalue weighted by Gasteiger charge is 2.17. The molecular formula is C40H26N2. The largest absolute Gasteiger partial charge is 0.228 e. The Bertz CT molecular complexity index is 2240. The molecule has 0 bridgehead atoms. The van der Waals surface area contributed by atoms with Crippen LogP contribution in [-0.4, -0.2) is 9.97 Å². The monoisotopic (exact) mass is 534 g/mol. The molecule has 8 rings (SSSR count). The second kappa shape index (κ2) is 10.1. The van der Waals surface area contributed by atoms with Gasteiger partial charge in [-0.1, -0.05) is 140 Å². The lowest BCUT2D eigenvalue weighted by molar-refractivity contribution is 1.19. The minimum atomic E-state index is 0.730. The summed E-state index contributed by atoms with van der Waals surface area (Å²) < 4.78 is 0. The van der Waals surface area contributed by atoms with Crippen molar-refractivity contribution in [2.24, 2.45) is 0 Å². The van der Waals surface area contributed by atoms with Crippen LogP contribution in [0.3, 0.4) is 0 Å². The van der Waals surface area contributed by atoms with Crippen molar-refractivity contribution in [3.8, 4) is 45.0 Å². The maximum atomic E-state index is 5.30. The molecule has 2 heteroatoms. The summed E-state index contributed by atoms with van der Waals surface area (Å²) in [5.41, 5.74) is 7.34. The zero-order valence-electron chi connectivity index (χ0n) is 22.9. The molecule has 0 saturated carbocycles. The molecule has 1 aromatic heterocycles. The molecule has 0 fully saturated rings. The lowest BCUT2D eigenvalue weighted by Crippen LogP contribution is -1.98. The second-order valence-electron chi connectivity index (χ2n) is 10.6. The molecule has 0 saturated heterocycles. The molecule has 0 spiro atoms. The molecule has 0 N–H and O–H groups in total. The topological polar surface area (TPSA) is 25.8 Å². The zero-order valence-corrected chi connectivity index (χ0v) is 22.9. The van der Waals surface area contributed by atoms with Crippen LogP contribution < -0.4 is 0 Å². The fourth-order valence-corrected chi connectivity index (χ4v) is 6.01. The average molecular weight is 535 g/mol. The van der Waals surface area contributed by atoms with E-state index in [-0.39, 0.29) is 0 Å². The van der Waals surface area contributed by atoms with Crippen molar-refractivity contribution in [2.45, 2.75) is 0 Å². The molecule has 0 radical (unpaired) electrons. The van der Waals surface area contributed by atoms with E-state index in [1.807, 2.05) is 12.1 Å².